The third-order valence-corrected chi connectivity index (χ3v) is 1.99. The van der Waals surface area contributed by atoms with E-state index in [-0.39, 0.29) is 19.1 Å². The van der Waals surface area contributed by atoms with Crippen molar-refractivity contribution in [2.24, 2.45) is 5.73 Å². The zero-order chi connectivity index (χ0) is 10.8. The molecule has 4 nitrogen and oxygen atoms in total. The van der Waals surface area contributed by atoms with Gasteiger partial charge < -0.3 is 19.9 Å². The van der Waals surface area contributed by atoms with E-state index < -0.39 is 6.61 Å². The Labute approximate surface area is 84.5 Å². The zero-order valence-corrected chi connectivity index (χ0v) is 7.70. The van der Waals surface area contributed by atoms with Crippen molar-refractivity contribution in [2.75, 3.05) is 6.79 Å². The highest BCUT2D eigenvalue weighted by Gasteiger charge is 2.19. The van der Waals surface area contributed by atoms with Crippen LogP contribution in [0.4, 0.5) is 8.78 Å². The van der Waals surface area contributed by atoms with Gasteiger partial charge in [0.05, 0.1) is 0 Å². The second-order valence-electron chi connectivity index (χ2n) is 2.90. The van der Waals surface area contributed by atoms with E-state index in [2.05, 4.69) is 4.74 Å². The van der Waals surface area contributed by atoms with Gasteiger partial charge in [0.1, 0.15) is 5.75 Å². The molecule has 1 heterocycles. The first-order chi connectivity index (χ1) is 7.20. The Kier molecular flexibility index (Phi) is 2.59. The van der Waals surface area contributed by atoms with E-state index in [1.807, 2.05) is 0 Å². The van der Waals surface area contributed by atoms with Gasteiger partial charge in [0, 0.05) is 18.2 Å². The molecule has 6 heteroatoms. The predicted molar refractivity (Wildman–Crippen MR) is 47.1 cm³/mol. The minimum atomic E-state index is -2.88. The fourth-order valence-electron chi connectivity index (χ4n) is 1.33. The molecule has 15 heavy (non-hydrogen) atoms. The Morgan fingerprint density at radius 2 is 2.00 bits per heavy atom. The van der Waals surface area contributed by atoms with Crippen molar-refractivity contribution in [3.05, 3.63) is 17.7 Å². The smallest absolute Gasteiger partial charge is 0.387 e. The third kappa shape index (κ3) is 1.94. The van der Waals surface area contributed by atoms with Crippen molar-refractivity contribution < 1.29 is 23.0 Å². The molecule has 0 saturated heterocycles. The summed E-state index contributed by atoms with van der Waals surface area (Å²) in [7, 11) is 0. The number of halogens is 2. The number of benzene rings is 1. The summed E-state index contributed by atoms with van der Waals surface area (Å²) in [5.74, 6) is 0.914. The van der Waals surface area contributed by atoms with Crippen molar-refractivity contribution in [3.63, 3.8) is 0 Å². The van der Waals surface area contributed by atoms with E-state index in [0.29, 0.717) is 17.1 Å². The number of rotatable bonds is 3. The molecule has 0 radical (unpaired) electrons. The van der Waals surface area contributed by atoms with Gasteiger partial charge in [0.2, 0.25) is 6.79 Å². The van der Waals surface area contributed by atoms with Gasteiger partial charge in [-0.25, -0.2) is 0 Å². The van der Waals surface area contributed by atoms with Crippen LogP contribution in [0.3, 0.4) is 0 Å². The summed E-state index contributed by atoms with van der Waals surface area (Å²) in [5, 5.41) is 0. The van der Waals surface area contributed by atoms with Crippen LogP contribution in [0.15, 0.2) is 12.1 Å². The molecule has 0 aliphatic carbocycles. The summed E-state index contributed by atoms with van der Waals surface area (Å²) >= 11 is 0. The molecule has 0 atom stereocenters. The average molecular weight is 217 g/mol. The van der Waals surface area contributed by atoms with Crippen molar-refractivity contribution >= 4 is 0 Å². The van der Waals surface area contributed by atoms with Crippen LogP contribution in [0.25, 0.3) is 0 Å². The maximum atomic E-state index is 12.1. The van der Waals surface area contributed by atoms with Gasteiger partial charge in [0.25, 0.3) is 0 Å². The van der Waals surface area contributed by atoms with Gasteiger partial charge in [-0.2, -0.15) is 8.78 Å². The first-order valence-corrected chi connectivity index (χ1v) is 4.28. The van der Waals surface area contributed by atoms with E-state index in [9.17, 15) is 8.78 Å². The number of ether oxygens (including phenoxy) is 3. The van der Waals surface area contributed by atoms with E-state index in [4.69, 9.17) is 15.2 Å². The Morgan fingerprint density at radius 1 is 1.33 bits per heavy atom. The number of alkyl halides is 2. The van der Waals surface area contributed by atoms with Crippen LogP contribution in [0, 0.1) is 0 Å². The molecule has 1 aromatic rings. The fourth-order valence-corrected chi connectivity index (χ4v) is 1.33. The first kappa shape index (κ1) is 9.97. The maximum Gasteiger partial charge on any atom is 0.387 e. The summed E-state index contributed by atoms with van der Waals surface area (Å²) in [6, 6.07) is 2.90. The van der Waals surface area contributed by atoms with Crippen molar-refractivity contribution in [3.8, 4) is 17.2 Å². The molecule has 0 unspecified atom stereocenters. The number of hydrogen-bond acceptors (Lipinski definition) is 4. The summed E-state index contributed by atoms with van der Waals surface area (Å²) in [4.78, 5) is 0. The SMILES string of the molecule is NCc1cc2c(cc1OC(F)F)OCO2. The lowest BCUT2D eigenvalue weighted by molar-refractivity contribution is -0.0505. The lowest BCUT2D eigenvalue weighted by Crippen LogP contribution is -2.06. The van der Waals surface area contributed by atoms with Gasteiger partial charge in [-0.3, -0.25) is 0 Å². The molecule has 0 spiro atoms. The Balaban J connectivity index is 2.35. The summed E-state index contributed by atoms with van der Waals surface area (Å²) in [6.45, 7) is -2.70. The molecule has 2 rings (SSSR count). The van der Waals surface area contributed by atoms with E-state index in [1.165, 1.54) is 6.07 Å². The van der Waals surface area contributed by atoms with E-state index >= 15 is 0 Å². The maximum absolute atomic E-state index is 12.1. The molecule has 0 bridgehead atoms. The number of fused-ring (bicyclic) bond motifs is 1. The van der Waals surface area contributed by atoms with Gasteiger partial charge in [-0.05, 0) is 6.07 Å². The highest BCUT2D eigenvalue weighted by Crippen LogP contribution is 2.38. The molecule has 1 aliphatic rings. The predicted octanol–water partition coefficient (Wildman–Crippen LogP) is 1.48. The lowest BCUT2D eigenvalue weighted by Gasteiger charge is -2.10. The van der Waals surface area contributed by atoms with Crippen LogP contribution in [0.1, 0.15) is 5.56 Å². The van der Waals surface area contributed by atoms with Gasteiger partial charge in [0.15, 0.2) is 11.5 Å². The average Bonchev–Trinajstić information content (AvgIpc) is 2.62. The summed E-state index contributed by atoms with van der Waals surface area (Å²) in [6.07, 6.45) is 0. The van der Waals surface area contributed by atoms with Crippen molar-refractivity contribution in [1.29, 1.82) is 0 Å². The Morgan fingerprint density at radius 3 is 2.60 bits per heavy atom. The second-order valence-corrected chi connectivity index (χ2v) is 2.90. The van der Waals surface area contributed by atoms with Gasteiger partial charge >= 0.3 is 6.61 Å². The largest absolute Gasteiger partial charge is 0.454 e. The van der Waals surface area contributed by atoms with Crippen molar-refractivity contribution in [1.82, 2.24) is 0 Å². The topological polar surface area (TPSA) is 53.7 Å². The van der Waals surface area contributed by atoms with Crippen LogP contribution >= 0.6 is 0 Å². The summed E-state index contributed by atoms with van der Waals surface area (Å²) in [5.41, 5.74) is 5.86. The van der Waals surface area contributed by atoms with Crippen LogP contribution < -0.4 is 19.9 Å². The third-order valence-electron chi connectivity index (χ3n) is 1.99. The molecule has 0 saturated carbocycles. The first-order valence-electron chi connectivity index (χ1n) is 4.28. The molecule has 82 valence electrons. The quantitative estimate of drug-likeness (QED) is 0.833. The highest BCUT2D eigenvalue weighted by atomic mass is 19.3. The molecule has 2 N–H and O–H groups in total. The van der Waals surface area contributed by atoms with Crippen LogP contribution in [-0.4, -0.2) is 13.4 Å². The van der Waals surface area contributed by atoms with Crippen LogP contribution in [0.2, 0.25) is 0 Å². The second kappa shape index (κ2) is 3.90. The number of hydrogen-bond donors (Lipinski definition) is 1. The minimum absolute atomic E-state index is 0.0248. The lowest BCUT2D eigenvalue weighted by atomic mass is 10.2. The van der Waals surface area contributed by atoms with E-state index in [0.717, 1.165) is 0 Å². The van der Waals surface area contributed by atoms with Crippen LogP contribution in [-0.2, 0) is 6.54 Å². The number of nitrogens with two attached hydrogens (primary N) is 1. The Hall–Kier alpha value is -1.56. The normalized spacial score (nSPS) is 13.3. The zero-order valence-electron chi connectivity index (χ0n) is 7.70. The van der Waals surface area contributed by atoms with Crippen molar-refractivity contribution in [2.45, 2.75) is 13.2 Å². The van der Waals surface area contributed by atoms with E-state index in [1.54, 1.807) is 6.07 Å². The molecule has 0 fully saturated rings. The Bertz CT molecular complexity index is 371. The molecule has 1 aromatic carbocycles. The summed E-state index contributed by atoms with van der Waals surface area (Å²) < 4.78 is 38.5. The monoisotopic (exact) mass is 217 g/mol. The highest BCUT2D eigenvalue weighted by molar-refractivity contribution is 5.51. The molecule has 0 aromatic heterocycles. The molecular weight excluding hydrogens is 208 g/mol. The van der Waals surface area contributed by atoms with Crippen LogP contribution in [0.5, 0.6) is 17.2 Å². The van der Waals surface area contributed by atoms with Gasteiger partial charge in [-0.15, -0.1) is 0 Å². The van der Waals surface area contributed by atoms with Gasteiger partial charge in [-0.1, -0.05) is 0 Å². The molecule has 0 amide bonds. The molecular formula is C9H9F2NO3. The fraction of sp³-hybridized carbons (Fsp3) is 0.333. The molecule has 1 aliphatic heterocycles. The standard InChI is InChI=1S/C9H9F2NO3/c10-9(11)15-6-2-8-7(13-4-14-8)1-5(6)3-12/h1-2,9H,3-4,12H2. The minimum Gasteiger partial charge on any atom is -0.454 e.